The maximum atomic E-state index is 4.73. The van der Waals surface area contributed by atoms with Crippen molar-refractivity contribution in [3.63, 3.8) is 0 Å². The number of nitrogens with one attached hydrogen (secondary N) is 1. The van der Waals surface area contributed by atoms with Gasteiger partial charge < -0.3 is 5.32 Å². The summed E-state index contributed by atoms with van der Waals surface area (Å²) >= 11 is 0. The van der Waals surface area contributed by atoms with Gasteiger partial charge in [0, 0.05) is 18.2 Å². The molecule has 3 heteroatoms. The molecule has 3 nitrogen and oxygen atoms in total. The number of nitrogens with zero attached hydrogens (tertiary/aromatic N) is 2. The van der Waals surface area contributed by atoms with Crippen LogP contribution in [0.15, 0.2) is 30.3 Å². The molecule has 0 bridgehead atoms. The monoisotopic (exact) mass is 253 g/mol. The molecule has 0 radical (unpaired) electrons. The molecule has 19 heavy (non-hydrogen) atoms. The minimum atomic E-state index is 0.367. The third-order valence-corrected chi connectivity index (χ3v) is 3.73. The van der Waals surface area contributed by atoms with E-state index in [0.29, 0.717) is 5.92 Å². The van der Waals surface area contributed by atoms with Crippen LogP contribution in [-0.2, 0) is 13.0 Å². The van der Waals surface area contributed by atoms with Gasteiger partial charge in [-0.3, -0.25) is 0 Å². The lowest BCUT2D eigenvalue weighted by atomic mass is 10.0. The van der Waals surface area contributed by atoms with Gasteiger partial charge in [-0.05, 0) is 44.0 Å². The third-order valence-electron chi connectivity index (χ3n) is 3.73. The van der Waals surface area contributed by atoms with E-state index in [-0.39, 0.29) is 0 Å². The number of aryl methyl sites for hydroxylation is 2. The minimum Gasteiger partial charge on any atom is -0.314 e. The Hall–Kier alpha value is -1.74. The highest BCUT2D eigenvalue weighted by Crippen LogP contribution is 2.36. The lowest BCUT2D eigenvalue weighted by Gasteiger charge is -2.12. The van der Waals surface area contributed by atoms with Crippen LogP contribution < -0.4 is 5.32 Å². The molecule has 0 spiro atoms. The van der Waals surface area contributed by atoms with Gasteiger partial charge in [-0.15, -0.1) is 0 Å². The van der Waals surface area contributed by atoms with Crippen LogP contribution in [0.5, 0.6) is 0 Å². The molecule has 1 heterocycles. The Labute approximate surface area is 114 Å². The van der Waals surface area contributed by atoms with E-state index < -0.39 is 0 Å². The van der Waals surface area contributed by atoms with Crippen LogP contribution in [0.1, 0.15) is 40.7 Å². The Bertz CT molecular complexity index is 592. The molecule has 0 saturated heterocycles. The van der Waals surface area contributed by atoms with Crippen LogP contribution in [-0.4, -0.2) is 17.0 Å². The summed E-state index contributed by atoms with van der Waals surface area (Å²) in [5, 5.41) is 3.16. The second kappa shape index (κ2) is 5.10. The first-order valence-corrected chi connectivity index (χ1v) is 6.85. The highest BCUT2D eigenvalue weighted by molar-refractivity contribution is 5.38. The zero-order valence-electron chi connectivity index (χ0n) is 11.5. The van der Waals surface area contributed by atoms with Crippen LogP contribution in [0.3, 0.4) is 0 Å². The Kier molecular flexibility index (Phi) is 3.30. The smallest absolute Gasteiger partial charge is 0.136 e. The molecule has 0 saturated carbocycles. The van der Waals surface area contributed by atoms with Gasteiger partial charge in [0.1, 0.15) is 5.82 Å². The first-order valence-electron chi connectivity index (χ1n) is 6.85. The van der Waals surface area contributed by atoms with E-state index in [0.717, 1.165) is 36.6 Å². The number of aromatic nitrogens is 2. The molecule has 1 aliphatic rings. The van der Waals surface area contributed by atoms with Crippen molar-refractivity contribution in [1.82, 2.24) is 15.3 Å². The number of hydrogen-bond donors (Lipinski definition) is 1. The van der Waals surface area contributed by atoms with Crippen LogP contribution in [0.25, 0.3) is 0 Å². The first kappa shape index (κ1) is 12.3. The number of fused-ring (bicyclic) bond motifs is 1. The summed E-state index contributed by atoms with van der Waals surface area (Å²) in [7, 11) is 1.95. The van der Waals surface area contributed by atoms with Crippen LogP contribution in [0.2, 0.25) is 0 Å². The van der Waals surface area contributed by atoms with Crippen LogP contribution in [0, 0.1) is 6.92 Å². The van der Waals surface area contributed by atoms with Crippen molar-refractivity contribution in [2.45, 2.75) is 32.2 Å². The summed E-state index contributed by atoms with van der Waals surface area (Å²) in [4.78, 5) is 9.39. The van der Waals surface area contributed by atoms with E-state index in [1.165, 1.54) is 11.1 Å². The van der Waals surface area contributed by atoms with E-state index in [9.17, 15) is 0 Å². The summed E-state index contributed by atoms with van der Waals surface area (Å²) in [6.45, 7) is 2.84. The lowest BCUT2D eigenvalue weighted by Crippen LogP contribution is -2.12. The summed E-state index contributed by atoms with van der Waals surface area (Å²) in [5.41, 5.74) is 4.99. The van der Waals surface area contributed by atoms with E-state index in [1.54, 1.807) is 0 Å². The zero-order valence-corrected chi connectivity index (χ0v) is 11.5. The maximum Gasteiger partial charge on any atom is 0.136 e. The summed E-state index contributed by atoms with van der Waals surface area (Å²) in [6.07, 6.45) is 2.27. The molecule has 98 valence electrons. The predicted octanol–water partition coefficient (Wildman–Crippen LogP) is 2.58. The second-order valence-electron chi connectivity index (χ2n) is 5.18. The van der Waals surface area contributed by atoms with E-state index >= 15 is 0 Å². The van der Waals surface area contributed by atoms with Crippen LogP contribution in [0.4, 0.5) is 0 Å². The molecule has 0 amide bonds. The highest BCUT2D eigenvalue weighted by atomic mass is 14.9. The topological polar surface area (TPSA) is 37.8 Å². The molecule has 2 aromatic rings. The van der Waals surface area contributed by atoms with Crippen molar-refractivity contribution >= 4 is 0 Å². The SMILES string of the molecule is CNCc1cc(C)nc(C2CCc3ccccc32)n1. The Balaban J connectivity index is 1.99. The van der Waals surface area contributed by atoms with Gasteiger partial charge in [-0.2, -0.15) is 0 Å². The highest BCUT2D eigenvalue weighted by Gasteiger charge is 2.26. The molecule has 1 unspecified atom stereocenters. The van der Waals surface area contributed by atoms with E-state index in [2.05, 4.69) is 40.6 Å². The summed E-state index contributed by atoms with van der Waals surface area (Å²) < 4.78 is 0. The van der Waals surface area contributed by atoms with E-state index in [1.807, 2.05) is 14.0 Å². The molecule has 0 fully saturated rings. The average Bonchev–Trinajstić information content (AvgIpc) is 2.82. The van der Waals surface area contributed by atoms with Gasteiger partial charge in [-0.1, -0.05) is 24.3 Å². The average molecular weight is 253 g/mol. The van der Waals surface area contributed by atoms with Crippen molar-refractivity contribution in [1.29, 1.82) is 0 Å². The Morgan fingerprint density at radius 2 is 2.11 bits per heavy atom. The normalized spacial score (nSPS) is 17.5. The molecular weight excluding hydrogens is 234 g/mol. The van der Waals surface area contributed by atoms with Crippen molar-refractivity contribution in [3.8, 4) is 0 Å². The van der Waals surface area contributed by atoms with Gasteiger partial charge in [0.05, 0.1) is 5.69 Å². The quantitative estimate of drug-likeness (QED) is 0.913. The summed E-state index contributed by atoms with van der Waals surface area (Å²) in [6, 6.07) is 10.7. The number of hydrogen-bond acceptors (Lipinski definition) is 3. The Morgan fingerprint density at radius 3 is 2.95 bits per heavy atom. The van der Waals surface area contributed by atoms with Gasteiger partial charge in [0.15, 0.2) is 0 Å². The fraction of sp³-hybridized carbons (Fsp3) is 0.375. The fourth-order valence-corrected chi connectivity index (χ4v) is 2.91. The fourth-order valence-electron chi connectivity index (χ4n) is 2.91. The third kappa shape index (κ3) is 2.38. The second-order valence-corrected chi connectivity index (χ2v) is 5.18. The van der Waals surface area contributed by atoms with Gasteiger partial charge in [0.25, 0.3) is 0 Å². The van der Waals surface area contributed by atoms with Crippen LogP contribution >= 0.6 is 0 Å². The van der Waals surface area contributed by atoms with Crippen molar-refractivity contribution in [2.24, 2.45) is 0 Å². The summed E-state index contributed by atoms with van der Waals surface area (Å²) in [5.74, 6) is 1.35. The van der Waals surface area contributed by atoms with Gasteiger partial charge in [-0.25, -0.2) is 9.97 Å². The largest absolute Gasteiger partial charge is 0.314 e. The number of rotatable bonds is 3. The molecule has 0 aliphatic heterocycles. The molecular formula is C16H19N3. The lowest BCUT2D eigenvalue weighted by molar-refractivity contribution is 0.697. The minimum absolute atomic E-state index is 0.367. The maximum absolute atomic E-state index is 4.73. The molecule has 1 aliphatic carbocycles. The molecule has 1 atom stereocenters. The molecule has 1 aromatic heterocycles. The zero-order chi connectivity index (χ0) is 13.2. The first-order chi connectivity index (χ1) is 9.28. The standard InChI is InChI=1S/C16H19N3/c1-11-9-13(10-17-2)19-16(18-11)15-8-7-12-5-3-4-6-14(12)15/h3-6,9,15,17H,7-8,10H2,1-2H3. The number of benzene rings is 1. The van der Waals surface area contributed by atoms with Gasteiger partial charge >= 0.3 is 0 Å². The van der Waals surface area contributed by atoms with Crippen molar-refractivity contribution in [3.05, 3.63) is 58.7 Å². The Morgan fingerprint density at radius 1 is 1.26 bits per heavy atom. The van der Waals surface area contributed by atoms with Gasteiger partial charge in [0.2, 0.25) is 0 Å². The molecule has 3 rings (SSSR count). The molecule has 1 N–H and O–H groups in total. The molecule has 1 aromatic carbocycles. The van der Waals surface area contributed by atoms with Crippen molar-refractivity contribution < 1.29 is 0 Å². The predicted molar refractivity (Wildman–Crippen MR) is 76.1 cm³/mol. The van der Waals surface area contributed by atoms with Crippen molar-refractivity contribution in [2.75, 3.05) is 7.05 Å². The van der Waals surface area contributed by atoms with E-state index in [4.69, 9.17) is 4.98 Å².